The number of nitrogens with two attached hydrogens (primary N) is 1. The van der Waals surface area contributed by atoms with Gasteiger partial charge in [0.05, 0.1) is 6.04 Å². The van der Waals surface area contributed by atoms with Crippen LogP contribution in [0.25, 0.3) is 11.0 Å². The SMILES string of the molecule is Cc1cc(Br)cc(NC(CN)c2cc3ccccc3o2)c1. The summed E-state index contributed by atoms with van der Waals surface area (Å²) in [6, 6.07) is 16.2. The number of halogens is 1. The average Bonchev–Trinajstić information content (AvgIpc) is 2.87. The van der Waals surface area contributed by atoms with Crippen molar-refractivity contribution in [2.45, 2.75) is 13.0 Å². The van der Waals surface area contributed by atoms with E-state index in [1.54, 1.807) is 0 Å². The van der Waals surface area contributed by atoms with Crippen molar-refractivity contribution in [3.05, 3.63) is 64.3 Å². The molecule has 108 valence electrons. The van der Waals surface area contributed by atoms with E-state index in [0.717, 1.165) is 26.9 Å². The molecule has 0 bridgehead atoms. The van der Waals surface area contributed by atoms with Crippen LogP contribution in [-0.2, 0) is 0 Å². The number of fused-ring (bicyclic) bond motifs is 1. The predicted molar refractivity (Wildman–Crippen MR) is 90.5 cm³/mol. The van der Waals surface area contributed by atoms with E-state index in [1.807, 2.05) is 36.4 Å². The average molecular weight is 345 g/mol. The van der Waals surface area contributed by atoms with Crippen LogP contribution < -0.4 is 11.1 Å². The lowest BCUT2D eigenvalue weighted by molar-refractivity contribution is 0.514. The van der Waals surface area contributed by atoms with E-state index in [4.69, 9.17) is 10.2 Å². The van der Waals surface area contributed by atoms with Gasteiger partial charge >= 0.3 is 0 Å². The van der Waals surface area contributed by atoms with E-state index in [2.05, 4.69) is 40.3 Å². The van der Waals surface area contributed by atoms with Gasteiger partial charge in [0.15, 0.2) is 0 Å². The molecule has 3 aromatic rings. The topological polar surface area (TPSA) is 51.2 Å². The van der Waals surface area contributed by atoms with Gasteiger partial charge < -0.3 is 15.5 Å². The number of benzene rings is 2. The Morgan fingerprint density at radius 2 is 2.00 bits per heavy atom. The molecule has 0 amide bonds. The standard InChI is InChI=1S/C17H17BrN2O/c1-11-6-13(18)9-14(7-11)20-15(10-19)17-8-12-4-2-3-5-16(12)21-17/h2-9,15,20H,10,19H2,1H3. The molecule has 1 aromatic heterocycles. The molecule has 1 atom stereocenters. The van der Waals surface area contributed by atoms with Gasteiger partial charge in [-0.25, -0.2) is 0 Å². The minimum Gasteiger partial charge on any atom is -0.459 e. The molecule has 0 fully saturated rings. The summed E-state index contributed by atoms with van der Waals surface area (Å²) in [5.74, 6) is 0.858. The second-order valence-corrected chi connectivity index (χ2v) is 6.05. The maximum absolute atomic E-state index is 5.92. The smallest absolute Gasteiger partial charge is 0.134 e. The van der Waals surface area contributed by atoms with Crippen molar-refractivity contribution in [2.24, 2.45) is 5.73 Å². The first-order valence-corrected chi connectivity index (χ1v) is 7.67. The summed E-state index contributed by atoms with van der Waals surface area (Å²) in [4.78, 5) is 0. The number of anilines is 1. The van der Waals surface area contributed by atoms with Gasteiger partial charge in [-0.15, -0.1) is 0 Å². The summed E-state index contributed by atoms with van der Waals surface area (Å²) in [5, 5.41) is 4.53. The quantitative estimate of drug-likeness (QED) is 0.726. The van der Waals surface area contributed by atoms with Crippen LogP contribution in [0.4, 0.5) is 5.69 Å². The molecule has 21 heavy (non-hydrogen) atoms. The number of para-hydroxylation sites is 1. The number of furan rings is 1. The molecule has 0 aliphatic rings. The lowest BCUT2D eigenvalue weighted by atomic mass is 10.1. The molecule has 0 saturated heterocycles. The van der Waals surface area contributed by atoms with Gasteiger partial charge in [0, 0.05) is 22.1 Å². The Hall–Kier alpha value is -1.78. The lowest BCUT2D eigenvalue weighted by Gasteiger charge is -2.16. The van der Waals surface area contributed by atoms with E-state index in [1.165, 1.54) is 5.56 Å². The van der Waals surface area contributed by atoms with E-state index >= 15 is 0 Å². The van der Waals surface area contributed by atoms with Crippen LogP contribution >= 0.6 is 15.9 Å². The Kier molecular flexibility index (Phi) is 3.99. The summed E-state index contributed by atoms with van der Waals surface area (Å²) in [7, 11) is 0. The molecular weight excluding hydrogens is 328 g/mol. The predicted octanol–water partition coefficient (Wildman–Crippen LogP) is 4.62. The van der Waals surface area contributed by atoms with Crippen molar-refractivity contribution in [1.29, 1.82) is 0 Å². The second kappa shape index (κ2) is 5.92. The fourth-order valence-electron chi connectivity index (χ4n) is 2.44. The molecule has 1 unspecified atom stereocenters. The summed E-state index contributed by atoms with van der Waals surface area (Å²) in [6.45, 7) is 2.53. The van der Waals surface area contributed by atoms with Crippen LogP contribution in [0.2, 0.25) is 0 Å². The number of nitrogens with one attached hydrogen (secondary N) is 1. The van der Waals surface area contributed by atoms with Gasteiger partial charge in [0.1, 0.15) is 11.3 Å². The van der Waals surface area contributed by atoms with Crippen molar-refractivity contribution in [3.8, 4) is 0 Å². The van der Waals surface area contributed by atoms with Crippen LogP contribution in [0, 0.1) is 6.92 Å². The van der Waals surface area contributed by atoms with Crippen LogP contribution in [0.15, 0.2) is 57.4 Å². The highest BCUT2D eigenvalue weighted by molar-refractivity contribution is 9.10. The Bertz CT molecular complexity index is 713. The van der Waals surface area contributed by atoms with Crippen molar-refractivity contribution in [3.63, 3.8) is 0 Å². The van der Waals surface area contributed by atoms with Gasteiger partial charge in [-0.3, -0.25) is 0 Å². The van der Waals surface area contributed by atoms with Crippen molar-refractivity contribution >= 4 is 32.6 Å². The molecule has 3 nitrogen and oxygen atoms in total. The summed E-state index contributed by atoms with van der Waals surface area (Å²) < 4.78 is 6.95. The van der Waals surface area contributed by atoms with Crippen LogP contribution in [0.1, 0.15) is 17.4 Å². The molecule has 3 N–H and O–H groups in total. The Morgan fingerprint density at radius 3 is 2.71 bits per heavy atom. The van der Waals surface area contributed by atoms with E-state index in [-0.39, 0.29) is 6.04 Å². The molecule has 0 radical (unpaired) electrons. The fourth-order valence-corrected chi connectivity index (χ4v) is 3.05. The first-order valence-electron chi connectivity index (χ1n) is 6.88. The third-order valence-electron chi connectivity index (χ3n) is 3.41. The number of hydrogen-bond acceptors (Lipinski definition) is 3. The third kappa shape index (κ3) is 3.12. The monoisotopic (exact) mass is 344 g/mol. The Labute approximate surface area is 132 Å². The highest BCUT2D eigenvalue weighted by atomic mass is 79.9. The molecule has 0 spiro atoms. The summed E-state index contributed by atoms with van der Waals surface area (Å²) in [6.07, 6.45) is 0. The van der Waals surface area contributed by atoms with Crippen molar-refractivity contribution in [2.75, 3.05) is 11.9 Å². The van der Waals surface area contributed by atoms with Crippen LogP contribution in [0.5, 0.6) is 0 Å². The van der Waals surface area contributed by atoms with E-state index < -0.39 is 0 Å². The molecule has 2 aromatic carbocycles. The normalized spacial score (nSPS) is 12.5. The van der Waals surface area contributed by atoms with Crippen LogP contribution in [-0.4, -0.2) is 6.54 Å². The number of rotatable bonds is 4. The number of hydrogen-bond donors (Lipinski definition) is 2. The third-order valence-corrected chi connectivity index (χ3v) is 3.86. The van der Waals surface area contributed by atoms with Crippen molar-refractivity contribution in [1.82, 2.24) is 0 Å². The molecule has 1 heterocycles. The van der Waals surface area contributed by atoms with Gasteiger partial charge in [-0.05, 0) is 42.8 Å². The van der Waals surface area contributed by atoms with Crippen LogP contribution in [0.3, 0.4) is 0 Å². The molecule has 0 aliphatic carbocycles. The zero-order valence-corrected chi connectivity index (χ0v) is 13.4. The second-order valence-electron chi connectivity index (χ2n) is 5.14. The maximum atomic E-state index is 5.92. The lowest BCUT2D eigenvalue weighted by Crippen LogP contribution is -2.20. The zero-order valence-electron chi connectivity index (χ0n) is 11.8. The highest BCUT2D eigenvalue weighted by Gasteiger charge is 2.15. The first-order chi connectivity index (χ1) is 10.2. The minimum atomic E-state index is -0.0499. The summed E-state index contributed by atoms with van der Waals surface area (Å²) >= 11 is 3.51. The molecular formula is C17H17BrN2O. The fraction of sp³-hybridized carbons (Fsp3) is 0.176. The molecule has 3 rings (SSSR count). The van der Waals surface area contributed by atoms with E-state index in [0.29, 0.717) is 6.54 Å². The Morgan fingerprint density at radius 1 is 1.19 bits per heavy atom. The highest BCUT2D eigenvalue weighted by Crippen LogP contribution is 2.27. The van der Waals surface area contributed by atoms with Crippen molar-refractivity contribution < 1.29 is 4.42 Å². The molecule has 0 saturated carbocycles. The number of aryl methyl sites for hydroxylation is 1. The van der Waals surface area contributed by atoms with Gasteiger partial charge in [0.25, 0.3) is 0 Å². The minimum absolute atomic E-state index is 0.0499. The maximum Gasteiger partial charge on any atom is 0.134 e. The molecule has 4 heteroatoms. The van der Waals surface area contributed by atoms with Gasteiger partial charge in [-0.1, -0.05) is 34.1 Å². The zero-order chi connectivity index (χ0) is 14.8. The van der Waals surface area contributed by atoms with Gasteiger partial charge in [0.2, 0.25) is 0 Å². The Balaban J connectivity index is 1.90. The summed E-state index contributed by atoms with van der Waals surface area (Å²) in [5.41, 5.74) is 9.02. The van der Waals surface area contributed by atoms with Gasteiger partial charge in [-0.2, -0.15) is 0 Å². The first kappa shape index (κ1) is 14.2. The van der Waals surface area contributed by atoms with E-state index in [9.17, 15) is 0 Å². The molecule has 0 aliphatic heterocycles. The largest absolute Gasteiger partial charge is 0.459 e.